The van der Waals surface area contributed by atoms with Crippen molar-refractivity contribution in [3.63, 3.8) is 0 Å². The van der Waals surface area contributed by atoms with Crippen LogP contribution in [0.2, 0.25) is 0 Å². The maximum atomic E-state index is 9.85. The smallest absolute Gasteiger partial charge is 0.119 e. The van der Waals surface area contributed by atoms with Gasteiger partial charge in [-0.2, -0.15) is 0 Å². The second-order valence-electron chi connectivity index (χ2n) is 4.86. The topological polar surface area (TPSA) is 55.5 Å². The Bertz CT molecular complexity index is 353. The zero-order valence-corrected chi connectivity index (χ0v) is 9.79. The Morgan fingerprint density at radius 1 is 1.33 bits per heavy atom. The highest BCUT2D eigenvalue weighted by atomic mass is 16.6. The average molecular weight is 209 g/mol. The molecule has 0 radical (unpaired) electrons. The lowest BCUT2D eigenvalue weighted by molar-refractivity contribution is 0.123. The number of phenolic OH excluding ortho intramolecular Hbond substituents is 1. The van der Waals surface area contributed by atoms with Crippen molar-refractivity contribution in [2.45, 2.75) is 39.7 Å². The number of aromatic hydroxyl groups is 1. The second kappa shape index (κ2) is 4.21. The third-order valence-electron chi connectivity index (χ3n) is 2.50. The molecule has 0 atom stereocenters. The first-order chi connectivity index (χ1) is 6.86. The van der Waals surface area contributed by atoms with Crippen molar-refractivity contribution in [3.05, 3.63) is 28.8 Å². The van der Waals surface area contributed by atoms with Gasteiger partial charge in [0, 0.05) is 0 Å². The molecule has 0 bridgehead atoms. The van der Waals surface area contributed by atoms with E-state index in [1.165, 1.54) is 0 Å². The highest BCUT2D eigenvalue weighted by Crippen LogP contribution is 2.32. The molecule has 0 aliphatic carbocycles. The largest absolute Gasteiger partial charge is 0.508 e. The van der Waals surface area contributed by atoms with Gasteiger partial charge in [0.2, 0.25) is 0 Å². The van der Waals surface area contributed by atoms with Crippen LogP contribution in [-0.2, 0) is 16.9 Å². The van der Waals surface area contributed by atoms with Gasteiger partial charge in [-0.25, -0.2) is 5.90 Å². The monoisotopic (exact) mass is 209 g/mol. The molecule has 0 amide bonds. The fourth-order valence-electron chi connectivity index (χ4n) is 1.58. The van der Waals surface area contributed by atoms with Crippen LogP contribution in [0.25, 0.3) is 0 Å². The predicted octanol–water partition coefficient (Wildman–Crippen LogP) is 2.39. The van der Waals surface area contributed by atoms with Gasteiger partial charge in [-0.05, 0) is 41.2 Å². The SMILES string of the molecule is Cc1cc(O)c(C(C)(C)C)cc1CON. The molecule has 0 fully saturated rings. The van der Waals surface area contributed by atoms with Crippen molar-refractivity contribution >= 4 is 0 Å². The van der Waals surface area contributed by atoms with E-state index in [2.05, 4.69) is 25.6 Å². The van der Waals surface area contributed by atoms with E-state index in [4.69, 9.17) is 5.90 Å². The summed E-state index contributed by atoms with van der Waals surface area (Å²) in [6.45, 7) is 8.48. The highest BCUT2D eigenvalue weighted by molar-refractivity contribution is 5.44. The lowest BCUT2D eigenvalue weighted by Crippen LogP contribution is -2.13. The summed E-state index contributed by atoms with van der Waals surface area (Å²) in [7, 11) is 0. The van der Waals surface area contributed by atoms with Crippen molar-refractivity contribution < 1.29 is 9.94 Å². The molecule has 0 spiro atoms. The van der Waals surface area contributed by atoms with E-state index in [9.17, 15) is 5.11 Å². The van der Waals surface area contributed by atoms with Gasteiger partial charge in [-0.1, -0.05) is 20.8 Å². The zero-order chi connectivity index (χ0) is 11.6. The van der Waals surface area contributed by atoms with Crippen LogP contribution in [-0.4, -0.2) is 5.11 Å². The minimum absolute atomic E-state index is 0.0822. The van der Waals surface area contributed by atoms with Crippen LogP contribution in [0.5, 0.6) is 5.75 Å². The van der Waals surface area contributed by atoms with Gasteiger partial charge in [0.25, 0.3) is 0 Å². The van der Waals surface area contributed by atoms with E-state index in [0.29, 0.717) is 12.4 Å². The Morgan fingerprint density at radius 3 is 2.40 bits per heavy atom. The summed E-state index contributed by atoms with van der Waals surface area (Å²) in [5.74, 6) is 5.40. The second-order valence-corrected chi connectivity index (χ2v) is 4.86. The number of nitrogens with two attached hydrogens (primary N) is 1. The van der Waals surface area contributed by atoms with E-state index < -0.39 is 0 Å². The average Bonchev–Trinajstić information content (AvgIpc) is 2.07. The third-order valence-corrected chi connectivity index (χ3v) is 2.50. The number of aryl methyl sites for hydroxylation is 1. The van der Waals surface area contributed by atoms with Gasteiger partial charge in [0.05, 0.1) is 6.61 Å². The maximum Gasteiger partial charge on any atom is 0.119 e. The molecule has 3 nitrogen and oxygen atoms in total. The number of benzene rings is 1. The highest BCUT2D eigenvalue weighted by Gasteiger charge is 2.19. The van der Waals surface area contributed by atoms with Crippen LogP contribution in [0.1, 0.15) is 37.5 Å². The zero-order valence-electron chi connectivity index (χ0n) is 9.79. The molecule has 0 unspecified atom stereocenters. The minimum Gasteiger partial charge on any atom is -0.508 e. The van der Waals surface area contributed by atoms with Gasteiger partial charge in [0.15, 0.2) is 0 Å². The summed E-state index contributed by atoms with van der Waals surface area (Å²) in [4.78, 5) is 4.63. The molecule has 0 aliphatic rings. The molecular weight excluding hydrogens is 190 g/mol. The molecule has 1 aromatic rings. The molecule has 0 heterocycles. The first kappa shape index (κ1) is 12.0. The molecule has 0 aromatic heterocycles. The van der Waals surface area contributed by atoms with E-state index in [1.54, 1.807) is 6.07 Å². The molecule has 1 rings (SSSR count). The molecule has 84 valence electrons. The van der Waals surface area contributed by atoms with Crippen molar-refractivity contribution in [3.8, 4) is 5.75 Å². The number of rotatable bonds is 2. The number of hydrogen-bond donors (Lipinski definition) is 2. The van der Waals surface area contributed by atoms with E-state index in [0.717, 1.165) is 16.7 Å². The van der Waals surface area contributed by atoms with Gasteiger partial charge >= 0.3 is 0 Å². The lowest BCUT2D eigenvalue weighted by Gasteiger charge is -2.22. The maximum absolute atomic E-state index is 9.85. The Balaban J connectivity index is 3.23. The Kier molecular flexibility index (Phi) is 3.37. The Labute approximate surface area is 90.8 Å². The summed E-state index contributed by atoms with van der Waals surface area (Å²) in [6, 6.07) is 3.71. The van der Waals surface area contributed by atoms with Crippen LogP contribution in [0.4, 0.5) is 0 Å². The van der Waals surface area contributed by atoms with Crippen LogP contribution >= 0.6 is 0 Å². The van der Waals surface area contributed by atoms with Crippen LogP contribution in [0.15, 0.2) is 12.1 Å². The molecule has 0 saturated heterocycles. The van der Waals surface area contributed by atoms with Crippen LogP contribution in [0.3, 0.4) is 0 Å². The van der Waals surface area contributed by atoms with Crippen molar-refractivity contribution in [1.29, 1.82) is 0 Å². The van der Waals surface area contributed by atoms with Crippen molar-refractivity contribution in [2.24, 2.45) is 5.90 Å². The Morgan fingerprint density at radius 2 is 1.93 bits per heavy atom. The van der Waals surface area contributed by atoms with Gasteiger partial charge in [-0.15, -0.1) is 0 Å². The summed E-state index contributed by atoms with van der Waals surface area (Å²) >= 11 is 0. The van der Waals surface area contributed by atoms with Gasteiger partial charge in [-0.3, -0.25) is 4.84 Å². The molecule has 15 heavy (non-hydrogen) atoms. The third kappa shape index (κ3) is 2.70. The quantitative estimate of drug-likeness (QED) is 0.735. The fourth-order valence-corrected chi connectivity index (χ4v) is 1.58. The Hall–Kier alpha value is -1.06. The molecule has 3 N–H and O–H groups in total. The normalized spacial score (nSPS) is 11.8. The summed E-state index contributed by atoms with van der Waals surface area (Å²) in [5, 5.41) is 9.85. The van der Waals surface area contributed by atoms with Crippen LogP contribution in [0, 0.1) is 6.92 Å². The summed E-state index contributed by atoms with van der Waals surface area (Å²) in [6.07, 6.45) is 0. The number of hydrogen-bond acceptors (Lipinski definition) is 3. The van der Waals surface area contributed by atoms with E-state index in [-0.39, 0.29) is 5.41 Å². The van der Waals surface area contributed by atoms with Gasteiger partial charge in [0.1, 0.15) is 5.75 Å². The molecule has 1 aromatic carbocycles. The van der Waals surface area contributed by atoms with E-state index in [1.807, 2.05) is 13.0 Å². The first-order valence-electron chi connectivity index (χ1n) is 5.01. The van der Waals surface area contributed by atoms with E-state index >= 15 is 0 Å². The summed E-state index contributed by atoms with van der Waals surface area (Å²) in [5.41, 5.74) is 2.84. The predicted molar refractivity (Wildman–Crippen MR) is 60.5 cm³/mol. The fraction of sp³-hybridized carbons (Fsp3) is 0.500. The van der Waals surface area contributed by atoms with Crippen LogP contribution < -0.4 is 5.90 Å². The van der Waals surface area contributed by atoms with Gasteiger partial charge < -0.3 is 5.11 Å². The lowest BCUT2D eigenvalue weighted by atomic mass is 9.84. The van der Waals surface area contributed by atoms with Crippen molar-refractivity contribution in [1.82, 2.24) is 0 Å². The first-order valence-corrected chi connectivity index (χ1v) is 5.01. The molecule has 0 aliphatic heterocycles. The molecule has 3 heteroatoms. The summed E-state index contributed by atoms with van der Waals surface area (Å²) < 4.78 is 0. The van der Waals surface area contributed by atoms with Crippen molar-refractivity contribution in [2.75, 3.05) is 0 Å². The molecular formula is C12H19NO2. The number of phenols is 1. The standard InChI is InChI=1S/C12H19NO2/c1-8-5-11(14)10(12(2,3)4)6-9(8)7-15-13/h5-6,14H,7,13H2,1-4H3. The minimum atomic E-state index is -0.0822. The molecule has 0 saturated carbocycles.